The first-order valence-electron chi connectivity index (χ1n) is 8.67. The van der Waals surface area contributed by atoms with Crippen molar-refractivity contribution in [3.05, 3.63) is 29.5 Å². The zero-order chi connectivity index (χ0) is 22.4. The summed E-state index contributed by atoms with van der Waals surface area (Å²) >= 11 is 1.14. The second-order valence-corrected chi connectivity index (χ2v) is 7.90. The van der Waals surface area contributed by atoms with Gasteiger partial charge in [0.1, 0.15) is 22.6 Å². The van der Waals surface area contributed by atoms with E-state index in [2.05, 4.69) is 15.0 Å². The summed E-state index contributed by atoms with van der Waals surface area (Å²) in [6, 6.07) is 1.85. The smallest absolute Gasteiger partial charge is 0.362 e. The lowest BCUT2D eigenvalue weighted by molar-refractivity contribution is -0.138. The molecule has 3 aromatic heterocycles. The van der Waals surface area contributed by atoms with E-state index in [1.54, 1.807) is 6.92 Å². The molecule has 3 rings (SSSR count). The monoisotopic (exact) mass is 449 g/mol. The van der Waals surface area contributed by atoms with Crippen molar-refractivity contribution in [1.82, 2.24) is 19.5 Å². The molecule has 0 unspecified atom stereocenters. The summed E-state index contributed by atoms with van der Waals surface area (Å²) < 4.78 is 81.0. The van der Waals surface area contributed by atoms with Gasteiger partial charge in [0.15, 0.2) is 11.5 Å². The lowest BCUT2D eigenvalue weighted by atomic mass is 10.2. The summed E-state index contributed by atoms with van der Waals surface area (Å²) in [6.45, 7) is 1.77. The molecule has 0 atom stereocenters. The van der Waals surface area contributed by atoms with Crippen molar-refractivity contribution in [2.24, 2.45) is 7.05 Å². The molecule has 0 amide bonds. The topological polar surface area (TPSA) is 46.8 Å². The van der Waals surface area contributed by atoms with Crippen LogP contribution >= 0.6 is 11.8 Å². The fraction of sp³-hybridized carbons (Fsp3) is 0.389. The molecule has 5 nitrogen and oxygen atoms in total. The van der Waals surface area contributed by atoms with Crippen LogP contribution in [0.1, 0.15) is 18.1 Å². The second-order valence-electron chi connectivity index (χ2n) is 6.59. The van der Waals surface area contributed by atoms with Crippen molar-refractivity contribution < 1.29 is 26.3 Å². The average Bonchev–Trinajstić information content (AvgIpc) is 2.95. The number of thioether (sulfide) groups is 1. The highest BCUT2D eigenvalue weighted by Gasteiger charge is 2.36. The Morgan fingerprint density at radius 3 is 2.23 bits per heavy atom. The maximum absolute atomic E-state index is 13.5. The molecule has 0 saturated heterocycles. The molecule has 30 heavy (non-hydrogen) atoms. The molecule has 0 aliphatic rings. The number of alkyl halides is 6. The van der Waals surface area contributed by atoms with E-state index in [1.807, 2.05) is 0 Å². The van der Waals surface area contributed by atoms with Crippen molar-refractivity contribution in [2.45, 2.75) is 24.2 Å². The zero-order valence-corrected chi connectivity index (χ0v) is 17.2. The summed E-state index contributed by atoms with van der Waals surface area (Å²) in [6.07, 6.45) is -8.52. The van der Waals surface area contributed by atoms with Crippen molar-refractivity contribution in [3.63, 3.8) is 0 Å². The van der Waals surface area contributed by atoms with Crippen LogP contribution in [0.15, 0.2) is 23.2 Å². The summed E-state index contributed by atoms with van der Waals surface area (Å²) in [5.41, 5.74) is -1.58. The molecule has 0 N–H and O–H groups in total. The van der Waals surface area contributed by atoms with E-state index in [9.17, 15) is 26.3 Å². The van der Waals surface area contributed by atoms with Gasteiger partial charge in [-0.3, -0.25) is 4.98 Å². The van der Waals surface area contributed by atoms with Gasteiger partial charge < -0.3 is 9.47 Å². The van der Waals surface area contributed by atoms with E-state index in [1.165, 1.54) is 30.6 Å². The Kier molecular flexibility index (Phi) is 5.65. The highest BCUT2D eigenvalue weighted by Crippen LogP contribution is 2.39. The number of fused-ring (bicyclic) bond motifs is 1. The van der Waals surface area contributed by atoms with Gasteiger partial charge in [0.2, 0.25) is 0 Å². The fourth-order valence-electron chi connectivity index (χ4n) is 2.90. The molecule has 162 valence electrons. The molecule has 0 spiro atoms. The van der Waals surface area contributed by atoms with E-state index in [0.29, 0.717) is 11.9 Å². The Balaban J connectivity index is 2.26. The lowest BCUT2D eigenvalue weighted by Crippen LogP contribution is -2.18. The Morgan fingerprint density at radius 1 is 1.03 bits per heavy atom. The molecule has 0 bridgehead atoms. The van der Waals surface area contributed by atoms with Crippen molar-refractivity contribution in [3.8, 4) is 11.5 Å². The summed E-state index contributed by atoms with van der Waals surface area (Å²) in [5.74, 6) is 0.320. The highest BCUT2D eigenvalue weighted by molar-refractivity contribution is 7.99. The molecule has 0 aromatic carbocycles. The Morgan fingerprint density at radius 2 is 1.70 bits per heavy atom. The van der Waals surface area contributed by atoms with Gasteiger partial charge in [0.25, 0.3) is 0 Å². The van der Waals surface area contributed by atoms with Gasteiger partial charge in [-0.1, -0.05) is 6.92 Å². The molecule has 12 heteroatoms. The Hall–Kier alpha value is -2.50. The first-order chi connectivity index (χ1) is 13.8. The molecule has 0 radical (unpaired) electrons. The number of halogens is 6. The minimum absolute atomic E-state index is 0.0282. The van der Waals surface area contributed by atoms with E-state index in [-0.39, 0.29) is 33.4 Å². The standard InChI is InChI=1S/C18H17F6N5S/c1-5-30-12-6-9(17(19,20)21)8-25-13(12)16-26-11-7-10(18(22,23)24)14(28(2)3)27-15(11)29(16)4/h6-8H,5H2,1-4H3. The molecule has 0 aliphatic carbocycles. The van der Waals surface area contributed by atoms with Crippen LogP contribution in [0.3, 0.4) is 0 Å². The van der Waals surface area contributed by atoms with Crippen LogP contribution in [0, 0.1) is 0 Å². The van der Waals surface area contributed by atoms with Gasteiger partial charge >= 0.3 is 12.4 Å². The van der Waals surface area contributed by atoms with Gasteiger partial charge in [-0.15, -0.1) is 11.8 Å². The summed E-state index contributed by atoms with van der Waals surface area (Å²) in [4.78, 5) is 13.7. The van der Waals surface area contributed by atoms with E-state index in [4.69, 9.17) is 0 Å². The number of nitrogens with zero attached hydrogens (tertiary/aromatic N) is 5. The molecular weight excluding hydrogens is 432 g/mol. The van der Waals surface area contributed by atoms with Gasteiger partial charge in [0, 0.05) is 32.2 Å². The van der Waals surface area contributed by atoms with Gasteiger partial charge in [-0.2, -0.15) is 26.3 Å². The predicted octanol–water partition coefficient (Wildman–Crippen LogP) is 5.25. The fourth-order valence-corrected chi connectivity index (χ4v) is 3.70. The third-order valence-electron chi connectivity index (χ3n) is 4.25. The number of imidazole rings is 1. The predicted molar refractivity (Wildman–Crippen MR) is 102 cm³/mol. The molecule has 0 aliphatic heterocycles. The van der Waals surface area contributed by atoms with Crippen LogP contribution < -0.4 is 4.90 Å². The third kappa shape index (κ3) is 4.05. The third-order valence-corrected chi connectivity index (χ3v) is 5.16. The van der Waals surface area contributed by atoms with Crippen molar-refractivity contribution in [2.75, 3.05) is 24.7 Å². The maximum atomic E-state index is 13.5. The maximum Gasteiger partial charge on any atom is 0.420 e. The van der Waals surface area contributed by atoms with Crippen LogP contribution in [-0.4, -0.2) is 39.4 Å². The van der Waals surface area contributed by atoms with Crippen LogP contribution in [0.25, 0.3) is 22.7 Å². The largest absolute Gasteiger partial charge is 0.420 e. The normalized spacial score (nSPS) is 12.6. The van der Waals surface area contributed by atoms with Crippen LogP contribution in [0.5, 0.6) is 0 Å². The zero-order valence-electron chi connectivity index (χ0n) is 16.4. The molecule has 0 fully saturated rings. The van der Waals surface area contributed by atoms with E-state index < -0.39 is 23.5 Å². The summed E-state index contributed by atoms with van der Waals surface area (Å²) in [7, 11) is 4.41. The van der Waals surface area contributed by atoms with Crippen LogP contribution in [-0.2, 0) is 19.4 Å². The number of pyridine rings is 2. The quantitative estimate of drug-likeness (QED) is 0.403. The first kappa shape index (κ1) is 22.2. The van der Waals surface area contributed by atoms with E-state index in [0.717, 1.165) is 23.9 Å². The number of hydrogen-bond acceptors (Lipinski definition) is 5. The summed E-state index contributed by atoms with van der Waals surface area (Å²) in [5, 5.41) is 0. The number of anilines is 1. The van der Waals surface area contributed by atoms with Gasteiger partial charge in [0.05, 0.1) is 5.56 Å². The number of aryl methyl sites for hydroxylation is 1. The first-order valence-corrected chi connectivity index (χ1v) is 9.65. The Bertz CT molecular complexity index is 1090. The van der Waals surface area contributed by atoms with Crippen molar-refractivity contribution >= 4 is 28.7 Å². The van der Waals surface area contributed by atoms with Gasteiger partial charge in [-0.05, 0) is 17.9 Å². The van der Waals surface area contributed by atoms with Crippen LogP contribution in [0.4, 0.5) is 32.2 Å². The SMILES string of the molecule is CCSc1cc(C(F)(F)F)cnc1-c1nc2cc(C(F)(F)F)c(N(C)C)nc2n1C. The number of rotatable bonds is 4. The average molecular weight is 449 g/mol. The van der Waals surface area contributed by atoms with Crippen molar-refractivity contribution in [1.29, 1.82) is 0 Å². The van der Waals surface area contributed by atoms with E-state index >= 15 is 0 Å². The molecule has 0 saturated carbocycles. The highest BCUT2D eigenvalue weighted by atomic mass is 32.2. The number of aromatic nitrogens is 4. The van der Waals surface area contributed by atoms with Crippen LogP contribution in [0.2, 0.25) is 0 Å². The molecular formula is C18H17F6N5S. The minimum atomic E-state index is -4.64. The molecule has 3 aromatic rings. The Labute approximate surface area is 172 Å². The number of hydrogen-bond donors (Lipinski definition) is 0. The van der Waals surface area contributed by atoms with Gasteiger partial charge in [-0.25, -0.2) is 9.97 Å². The molecule has 3 heterocycles. The second kappa shape index (κ2) is 7.64. The lowest BCUT2D eigenvalue weighted by Gasteiger charge is -2.18. The minimum Gasteiger partial charge on any atom is -0.362 e.